The molecule has 0 heterocycles. The molecule has 5 aliphatic carbocycles. The molecule has 5 fully saturated rings. The molecular weight excluding hydrogens is 324 g/mol. The van der Waals surface area contributed by atoms with Gasteiger partial charge in [-0.2, -0.15) is 0 Å². The van der Waals surface area contributed by atoms with Crippen molar-refractivity contribution in [3.05, 3.63) is 0 Å². The Morgan fingerprint density at radius 2 is 1.88 bits per heavy atom. The second kappa shape index (κ2) is 5.14. The molecule has 3 heteroatoms. The summed E-state index contributed by atoms with van der Waals surface area (Å²) in [7, 11) is 0. The Morgan fingerprint density at radius 3 is 2.58 bits per heavy atom. The lowest BCUT2D eigenvalue weighted by atomic mass is 9.46. The molecule has 0 N–H and O–H groups in total. The summed E-state index contributed by atoms with van der Waals surface area (Å²) in [5.41, 5.74) is 0.599. The minimum absolute atomic E-state index is 0.000404. The molecule has 144 valence electrons. The van der Waals surface area contributed by atoms with E-state index in [1.165, 1.54) is 45.4 Å². The first-order valence-electron chi connectivity index (χ1n) is 10.9. The van der Waals surface area contributed by atoms with Gasteiger partial charge in [0, 0.05) is 24.7 Å². The molecule has 5 saturated carbocycles. The van der Waals surface area contributed by atoms with Crippen LogP contribution in [0.15, 0.2) is 0 Å². The topological polar surface area (TPSA) is 43.4 Å². The van der Waals surface area contributed by atoms with E-state index in [1.54, 1.807) is 0 Å². The summed E-state index contributed by atoms with van der Waals surface area (Å²) in [5, 5.41) is 0. The third-order valence-corrected chi connectivity index (χ3v) is 10.3. The molecule has 9 atom stereocenters. The number of fused-ring (bicyclic) bond motifs is 4. The van der Waals surface area contributed by atoms with Crippen molar-refractivity contribution >= 4 is 11.8 Å². The number of rotatable bonds is 2. The molecule has 0 aromatic rings. The molecule has 0 radical (unpaired) electrons. The lowest BCUT2D eigenvalue weighted by molar-refractivity contribution is -0.158. The average Bonchev–Trinajstić information content (AvgIpc) is 3.08. The molecular formula is C23H34O3. The molecule has 0 bridgehead atoms. The summed E-state index contributed by atoms with van der Waals surface area (Å²) in [6.07, 6.45) is 9.50. The Bertz CT molecular complexity index is 670. The highest BCUT2D eigenvalue weighted by molar-refractivity contribution is 5.91. The molecule has 0 amide bonds. The zero-order chi connectivity index (χ0) is 18.5. The van der Waals surface area contributed by atoms with E-state index in [0.29, 0.717) is 23.5 Å². The van der Waals surface area contributed by atoms with E-state index in [2.05, 4.69) is 20.8 Å². The van der Waals surface area contributed by atoms with Crippen LogP contribution in [0.2, 0.25) is 0 Å². The zero-order valence-corrected chi connectivity index (χ0v) is 16.8. The maximum atomic E-state index is 13.3. The van der Waals surface area contributed by atoms with Crippen molar-refractivity contribution in [1.82, 2.24) is 0 Å². The second-order valence-electron chi connectivity index (χ2n) is 10.9. The Kier molecular flexibility index (Phi) is 3.41. The summed E-state index contributed by atoms with van der Waals surface area (Å²) in [4.78, 5) is 24.8. The van der Waals surface area contributed by atoms with Crippen molar-refractivity contribution in [2.24, 2.45) is 45.8 Å². The zero-order valence-electron chi connectivity index (χ0n) is 16.8. The lowest BCUT2D eigenvalue weighted by Crippen LogP contribution is -2.55. The van der Waals surface area contributed by atoms with E-state index < -0.39 is 0 Å². The number of carbonyl (C=O) groups is 2. The first-order valence-corrected chi connectivity index (χ1v) is 10.9. The number of ketones is 1. The maximum Gasteiger partial charge on any atom is 0.302 e. The maximum absolute atomic E-state index is 13.3. The third-order valence-electron chi connectivity index (χ3n) is 10.3. The summed E-state index contributed by atoms with van der Waals surface area (Å²) < 4.78 is 5.61. The molecule has 0 unspecified atom stereocenters. The molecule has 26 heavy (non-hydrogen) atoms. The van der Waals surface area contributed by atoms with Crippen molar-refractivity contribution < 1.29 is 14.3 Å². The van der Waals surface area contributed by atoms with E-state index in [-0.39, 0.29) is 28.3 Å². The third kappa shape index (κ3) is 1.86. The van der Waals surface area contributed by atoms with Crippen LogP contribution in [-0.4, -0.2) is 17.9 Å². The van der Waals surface area contributed by atoms with Crippen molar-refractivity contribution in [2.45, 2.75) is 85.2 Å². The van der Waals surface area contributed by atoms with E-state index >= 15 is 0 Å². The van der Waals surface area contributed by atoms with E-state index in [4.69, 9.17) is 4.74 Å². The van der Waals surface area contributed by atoms with Gasteiger partial charge in [0.05, 0.1) is 0 Å². The highest BCUT2D eigenvalue weighted by atomic mass is 16.5. The SMILES string of the molecule is CC(=O)O[C@@H](C)[C@H]1CC[C@H]2[C@@H]3CC(=O)[C@]45C[C@@H]4CC[C@]5(C)[C@H]3CC[C@]12C. The molecule has 5 aliphatic rings. The van der Waals surface area contributed by atoms with Crippen LogP contribution in [-0.2, 0) is 14.3 Å². The summed E-state index contributed by atoms with van der Waals surface area (Å²) in [5.74, 6) is 3.58. The highest BCUT2D eigenvalue weighted by Crippen LogP contribution is 2.80. The standard InChI is InChI=1S/C23H34O3/c1-13(26-14(2)24)17-5-6-18-16-11-20(25)23-12-15(23)7-10-22(23,4)19(16)8-9-21(17,18)3/h13,15-19H,5-12H2,1-4H3/t13-,15-,16-,17+,18-,19-,21+,22+,23-/m0/s1. The van der Waals surface area contributed by atoms with Gasteiger partial charge in [-0.15, -0.1) is 0 Å². The van der Waals surface area contributed by atoms with Crippen LogP contribution < -0.4 is 0 Å². The minimum atomic E-state index is -0.161. The van der Waals surface area contributed by atoms with Gasteiger partial charge in [-0.3, -0.25) is 9.59 Å². The van der Waals surface area contributed by atoms with Crippen LogP contribution in [0.1, 0.15) is 79.1 Å². The normalized spacial score (nSPS) is 55.4. The molecule has 0 aromatic carbocycles. The van der Waals surface area contributed by atoms with Gasteiger partial charge in [0.1, 0.15) is 11.9 Å². The average molecular weight is 359 g/mol. The molecule has 0 aromatic heterocycles. The smallest absolute Gasteiger partial charge is 0.302 e. The number of esters is 1. The fourth-order valence-corrected chi connectivity index (χ4v) is 9.17. The number of ether oxygens (including phenoxy) is 1. The Labute approximate surface area is 157 Å². The Hall–Kier alpha value is -0.860. The van der Waals surface area contributed by atoms with Crippen LogP contribution >= 0.6 is 0 Å². The number of carbonyl (C=O) groups excluding carboxylic acids is 2. The Morgan fingerprint density at radius 1 is 1.12 bits per heavy atom. The minimum Gasteiger partial charge on any atom is -0.463 e. The van der Waals surface area contributed by atoms with Gasteiger partial charge in [-0.25, -0.2) is 0 Å². The first kappa shape index (κ1) is 17.3. The van der Waals surface area contributed by atoms with Gasteiger partial charge in [0.15, 0.2) is 0 Å². The highest BCUT2D eigenvalue weighted by Gasteiger charge is 2.77. The predicted molar refractivity (Wildman–Crippen MR) is 99.3 cm³/mol. The van der Waals surface area contributed by atoms with Crippen LogP contribution in [0.5, 0.6) is 0 Å². The molecule has 3 nitrogen and oxygen atoms in total. The van der Waals surface area contributed by atoms with Gasteiger partial charge in [0.25, 0.3) is 0 Å². The van der Waals surface area contributed by atoms with Crippen LogP contribution in [0.4, 0.5) is 0 Å². The van der Waals surface area contributed by atoms with Crippen molar-refractivity contribution in [3.63, 3.8) is 0 Å². The molecule has 1 spiro atoms. The van der Waals surface area contributed by atoms with Crippen molar-refractivity contribution in [2.75, 3.05) is 0 Å². The first-order chi connectivity index (χ1) is 12.2. The predicted octanol–water partition coefficient (Wildman–Crippen LogP) is 4.78. The van der Waals surface area contributed by atoms with Crippen LogP contribution in [0, 0.1) is 45.8 Å². The molecule has 0 aliphatic heterocycles. The Balaban J connectivity index is 1.45. The van der Waals surface area contributed by atoms with Crippen molar-refractivity contribution in [1.29, 1.82) is 0 Å². The summed E-state index contributed by atoms with van der Waals surface area (Å²) in [6.45, 7) is 8.52. The number of hydrogen-bond donors (Lipinski definition) is 0. The summed E-state index contributed by atoms with van der Waals surface area (Å²) >= 11 is 0. The van der Waals surface area contributed by atoms with E-state index in [9.17, 15) is 9.59 Å². The van der Waals surface area contributed by atoms with Crippen LogP contribution in [0.3, 0.4) is 0 Å². The van der Waals surface area contributed by atoms with Gasteiger partial charge >= 0.3 is 5.97 Å². The monoisotopic (exact) mass is 358 g/mol. The van der Waals surface area contributed by atoms with Gasteiger partial charge < -0.3 is 4.74 Å². The lowest BCUT2D eigenvalue weighted by Gasteiger charge is -2.58. The van der Waals surface area contributed by atoms with E-state index in [0.717, 1.165) is 24.7 Å². The quantitative estimate of drug-likeness (QED) is 0.668. The fourth-order valence-electron chi connectivity index (χ4n) is 9.17. The molecule has 5 rings (SSSR count). The number of hydrogen-bond acceptors (Lipinski definition) is 3. The van der Waals surface area contributed by atoms with Gasteiger partial charge in [0.2, 0.25) is 0 Å². The van der Waals surface area contributed by atoms with Crippen molar-refractivity contribution in [3.8, 4) is 0 Å². The van der Waals surface area contributed by atoms with Gasteiger partial charge in [-0.05, 0) is 86.4 Å². The largest absolute Gasteiger partial charge is 0.463 e. The molecule has 0 saturated heterocycles. The number of Topliss-reactive ketones (excluding diaryl/α,β-unsaturated/α-hetero) is 1. The van der Waals surface area contributed by atoms with Gasteiger partial charge in [-0.1, -0.05) is 13.8 Å². The fraction of sp³-hybridized carbons (Fsp3) is 0.913. The second-order valence-corrected chi connectivity index (χ2v) is 10.9. The van der Waals surface area contributed by atoms with E-state index in [1.807, 2.05) is 0 Å². The summed E-state index contributed by atoms with van der Waals surface area (Å²) in [6, 6.07) is 0. The van der Waals surface area contributed by atoms with Crippen LogP contribution in [0.25, 0.3) is 0 Å².